The van der Waals surface area contributed by atoms with E-state index in [1.165, 1.54) is 0 Å². The molecule has 4 heteroatoms. The van der Waals surface area contributed by atoms with Crippen molar-refractivity contribution in [2.24, 2.45) is 11.8 Å². The second-order valence-electron chi connectivity index (χ2n) is 4.53. The Balaban J connectivity index is 4.21. The maximum absolute atomic E-state index is 11.6. The van der Waals surface area contributed by atoms with Crippen LogP contribution in [0.15, 0.2) is 0 Å². The van der Waals surface area contributed by atoms with Gasteiger partial charge in [-0.3, -0.25) is 4.79 Å². The maximum atomic E-state index is 11.6. The number of hydrogen-bond donors (Lipinski definition) is 1. The van der Waals surface area contributed by atoms with Crippen LogP contribution in [0.2, 0.25) is 0 Å². The zero-order chi connectivity index (χ0) is 12.1. The molecule has 0 aromatic rings. The summed E-state index contributed by atoms with van der Waals surface area (Å²) < 4.78 is 5.16. The number of nitrogens with one attached hydrogen (secondary N) is 1. The molecule has 0 aliphatic carbocycles. The lowest BCUT2D eigenvalue weighted by Gasteiger charge is -2.24. The molecule has 0 aliphatic heterocycles. The van der Waals surface area contributed by atoms with Gasteiger partial charge in [-0.1, -0.05) is 13.8 Å². The van der Waals surface area contributed by atoms with Gasteiger partial charge in [0.1, 0.15) is 5.92 Å². The van der Waals surface area contributed by atoms with E-state index >= 15 is 0 Å². The fourth-order valence-electron chi connectivity index (χ4n) is 0.993. The van der Waals surface area contributed by atoms with Crippen molar-refractivity contribution in [1.82, 2.24) is 5.32 Å². The predicted octanol–water partition coefficient (Wildman–Crippen LogP) is 1.32. The summed E-state index contributed by atoms with van der Waals surface area (Å²) in [5, 5.41) is 11.5. The van der Waals surface area contributed by atoms with E-state index in [0.717, 1.165) is 0 Å². The van der Waals surface area contributed by atoms with E-state index in [-0.39, 0.29) is 11.8 Å². The van der Waals surface area contributed by atoms with Crippen molar-refractivity contribution in [2.75, 3.05) is 13.7 Å². The van der Waals surface area contributed by atoms with E-state index in [1.807, 2.05) is 33.8 Å². The van der Waals surface area contributed by atoms with Crippen LogP contribution in [0.1, 0.15) is 27.7 Å². The first kappa shape index (κ1) is 13.9. The van der Waals surface area contributed by atoms with Gasteiger partial charge in [0, 0.05) is 13.7 Å². The first-order valence-electron chi connectivity index (χ1n) is 5.06. The number of ether oxygens (including phenoxy) is 1. The molecular weight excluding hydrogens is 192 g/mol. The van der Waals surface area contributed by atoms with Gasteiger partial charge in [-0.15, -0.1) is 0 Å². The van der Waals surface area contributed by atoms with Crippen LogP contribution in [0.5, 0.6) is 0 Å². The Kier molecular flexibility index (Phi) is 5.31. The van der Waals surface area contributed by atoms with Crippen molar-refractivity contribution in [2.45, 2.75) is 33.3 Å². The van der Waals surface area contributed by atoms with Crippen molar-refractivity contribution in [3.8, 4) is 6.07 Å². The van der Waals surface area contributed by atoms with Crippen molar-refractivity contribution in [1.29, 1.82) is 5.26 Å². The number of carbonyl (C=O) groups excluding carboxylic acids is 1. The Hall–Kier alpha value is -1.08. The van der Waals surface area contributed by atoms with Gasteiger partial charge in [-0.25, -0.2) is 0 Å². The SMILES string of the molecule is COC(C)(C)CNC(=O)C(C#N)C(C)C. The maximum Gasteiger partial charge on any atom is 0.237 e. The summed E-state index contributed by atoms with van der Waals surface area (Å²) >= 11 is 0. The van der Waals surface area contributed by atoms with E-state index < -0.39 is 11.5 Å². The lowest BCUT2D eigenvalue weighted by Crippen LogP contribution is -2.42. The number of methoxy groups -OCH3 is 1. The van der Waals surface area contributed by atoms with Crippen molar-refractivity contribution < 1.29 is 9.53 Å². The third-order valence-corrected chi connectivity index (χ3v) is 2.33. The molecule has 0 heterocycles. The molecule has 0 aromatic carbocycles. The topological polar surface area (TPSA) is 62.1 Å². The van der Waals surface area contributed by atoms with Gasteiger partial charge in [0.05, 0.1) is 11.7 Å². The van der Waals surface area contributed by atoms with Gasteiger partial charge < -0.3 is 10.1 Å². The Bertz CT molecular complexity index is 254. The number of carbonyl (C=O) groups is 1. The Labute approximate surface area is 91.6 Å². The lowest BCUT2D eigenvalue weighted by molar-refractivity contribution is -0.125. The summed E-state index contributed by atoms with van der Waals surface area (Å²) in [5.74, 6) is -0.782. The summed E-state index contributed by atoms with van der Waals surface area (Å²) in [6, 6.07) is 2.00. The molecule has 1 unspecified atom stereocenters. The molecule has 0 bridgehead atoms. The molecule has 0 spiro atoms. The van der Waals surface area contributed by atoms with Crippen molar-refractivity contribution in [3.05, 3.63) is 0 Å². The second kappa shape index (κ2) is 5.72. The van der Waals surface area contributed by atoms with E-state index in [1.54, 1.807) is 7.11 Å². The highest BCUT2D eigenvalue weighted by Gasteiger charge is 2.24. The molecule has 0 saturated carbocycles. The van der Waals surface area contributed by atoms with Crippen LogP contribution in [-0.2, 0) is 9.53 Å². The second-order valence-corrected chi connectivity index (χ2v) is 4.53. The van der Waals surface area contributed by atoms with Gasteiger partial charge in [-0.2, -0.15) is 5.26 Å². The fourth-order valence-corrected chi connectivity index (χ4v) is 0.993. The molecule has 0 radical (unpaired) electrons. The number of nitrogens with zero attached hydrogens (tertiary/aromatic N) is 1. The quantitative estimate of drug-likeness (QED) is 0.747. The van der Waals surface area contributed by atoms with Crippen LogP contribution in [-0.4, -0.2) is 25.2 Å². The van der Waals surface area contributed by atoms with Gasteiger partial charge in [0.2, 0.25) is 5.91 Å². The molecule has 0 aliphatic rings. The third kappa shape index (κ3) is 4.80. The minimum atomic E-state index is -0.586. The predicted molar refractivity (Wildman–Crippen MR) is 58.0 cm³/mol. The van der Waals surface area contributed by atoms with E-state index in [2.05, 4.69) is 5.32 Å². The Morgan fingerprint density at radius 2 is 2.07 bits per heavy atom. The standard InChI is InChI=1S/C11H20N2O2/c1-8(2)9(6-12)10(14)13-7-11(3,4)15-5/h8-9H,7H2,1-5H3,(H,13,14). The number of nitriles is 1. The van der Waals surface area contributed by atoms with Crippen LogP contribution in [0.25, 0.3) is 0 Å². The highest BCUT2D eigenvalue weighted by Crippen LogP contribution is 2.10. The summed E-state index contributed by atoms with van der Waals surface area (Å²) in [6.07, 6.45) is 0. The minimum absolute atomic E-state index is 0.0284. The molecule has 86 valence electrons. The fraction of sp³-hybridized carbons (Fsp3) is 0.818. The highest BCUT2D eigenvalue weighted by atomic mass is 16.5. The minimum Gasteiger partial charge on any atom is -0.377 e. The van der Waals surface area contributed by atoms with Crippen LogP contribution >= 0.6 is 0 Å². The summed E-state index contributed by atoms with van der Waals surface area (Å²) in [7, 11) is 1.59. The van der Waals surface area contributed by atoms with Gasteiger partial charge in [-0.05, 0) is 19.8 Å². The van der Waals surface area contributed by atoms with Gasteiger partial charge in [0.25, 0.3) is 0 Å². The van der Waals surface area contributed by atoms with E-state index in [4.69, 9.17) is 10.00 Å². The summed E-state index contributed by atoms with van der Waals surface area (Å²) in [6.45, 7) is 7.88. The number of hydrogen-bond acceptors (Lipinski definition) is 3. The molecule has 1 N–H and O–H groups in total. The highest BCUT2D eigenvalue weighted by molar-refractivity contribution is 5.81. The monoisotopic (exact) mass is 212 g/mol. The number of rotatable bonds is 5. The van der Waals surface area contributed by atoms with Gasteiger partial charge >= 0.3 is 0 Å². The lowest BCUT2D eigenvalue weighted by atomic mass is 9.96. The van der Waals surface area contributed by atoms with E-state index in [9.17, 15) is 4.79 Å². The van der Waals surface area contributed by atoms with Crippen molar-refractivity contribution >= 4 is 5.91 Å². The first-order valence-corrected chi connectivity index (χ1v) is 5.06. The van der Waals surface area contributed by atoms with Crippen molar-refractivity contribution in [3.63, 3.8) is 0 Å². The Morgan fingerprint density at radius 1 is 1.53 bits per heavy atom. The molecule has 4 nitrogen and oxygen atoms in total. The van der Waals surface area contributed by atoms with E-state index in [0.29, 0.717) is 6.54 Å². The van der Waals surface area contributed by atoms with Crippen LogP contribution < -0.4 is 5.32 Å². The Morgan fingerprint density at radius 3 is 2.40 bits per heavy atom. The smallest absolute Gasteiger partial charge is 0.237 e. The number of amides is 1. The van der Waals surface area contributed by atoms with Crippen LogP contribution in [0.3, 0.4) is 0 Å². The first-order chi connectivity index (χ1) is 6.84. The summed E-state index contributed by atoms with van der Waals surface area (Å²) in [4.78, 5) is 11.6. The molecule has 15 heavy (non-hydrogen) atoms. The van der Waals surface area contributed by atoms with Gasteiger partial charge in [0.15, 0.2) is 0 Å². The molecule has 0 aromatic heterocycles. The van der Waals surface area contributed by atoms with Crippen LogP contribution in [0, 0.1) is 23.2 Å². The largest absolute Gasteiger partial charge is 0.377 e. The van der Waals surface area contributed by atoms with Crippen LogP contribution in [0.4, 0.5) is 0 Å². The zero-order valence-electron chi connectivity index (χ0n) is 10.1. The average molecular weight is 212 g/mol. The molecule has 0 rings (SSSR count). The normalized spacial score (nSPS) is 13.4. The molecule has 1 amide bonds. The zero-order valence-corrected chi connectivity index (χ0v) is 10.1. The molecule has 0 saturated heterocycles. The summed E-state index contributed by atoms with van der Waals surface area (Å²) in [5.41, 5.74) is -0.396. The molecule has 0 fully saturated rings. The molecular formula is C11H20N2O2. The average Bonchev–Trinajstić information content (AvgIpc) is 2.15. The third-order valence-electron chi connectivity index (χ3n) is 2.33. The molecule has 1 atom stereocenters.